The highest BCUT2D eigenvalue weighted by molar-refractivity contribution is 7.98. The third-order valence-electron chi connectivity index (χ3n) is 2.06. The molecule has 1 nitrogen and oxygen atoms in total. The molecule has 2 rings (SSSR count). The zero-order chi connectivity index (χ0) is 9.80. The first-order chi connectivity index (χ1) is 6.90. The largest absolute Gasteiger partial charge is 0.483 e. The Morgan fingerprint density at radius 1 is 1.07 bits per heavy atom. The molecule has 2 aromatic carbocycles. The molecule has 0 aliphatic carbocycles. The molecule has 0 bridgehead atoms. The summed E-state index contributed by atoms with van der Waals surface area (Å²) >= 11 is 1.68. The Balaban J connectivity index is 2.32. The predicted octanol–water partition coefficient (Wildman–Crippen LogP) is 3.54. The molecule has 72 valence electrons. The van der Waals surface area contributed by atoms with Gasteiger partial charge in [0.1, 0.15) is 11.7 Å². The Bertz CT molecular complexity index is 425. The van der Waals surface area contributed by atoms with Gasteiger partial charge >= 0.3 is 0 Å². The monoisotopic (exact) mass is 204 g/mol. The molecular formula is C12H12OS. The summed E-state index contributed by atoms with van der Waals surface area (Å²) in [5.74, 6) is 1.65. The van der Waals surface area contributed by atoms with Gasteiger partial charge in [-0.05, 0) is 29.2 Å². The third-order valence-corrected chi connectivity index (χ3v) is 2.42. The van der Waals surface area contributed by atoms with Crippen molar-refractivity contribution in [3.8, 4) is 5.75 Å². The molecule has 0 atom stereocenters. The van der Waals surface area contributed by atoms with Crippen molar-refractivity contribution in [2.75, 3.05) is 12.2 Å². The molecule has 0 aliphatic rings. The lowest BCUT2D eigenvalue weighted by Crippen LogP contribution is -1.90. The fourth-order valence-electron chi connectivity index (χ4n) is 1.38. The van der Waals surface area contributed by atoms with Crippen LogP contribution in [-0.4, -0.2) is 12.2 Å². The highest BCUT2D eigenvalue weighted by atomic mass is 32.2. The van der Waals surface area contributed by atoms with Crippen LogP contribution < -0.4 is 4.74 Å². The first-order valence-electron chi connectivity index (χ1n) is 4.51. The van der Waals surface area contributed by atoms with Gasteiger partial charge in [0.25, 0.3) is 0 Å². The highest BCUT2D eigenvalue weighted by Gasteiger charge is 1.95. The number of thioether (sulfide) groups is 1. The summed E-state index contributed by atoms with van der Waals surface area (Å²) in [7, 11) is 0. The van der Waals surface area contributed by atoms with Crippen molar-refractivity contribution in [1.82, 2.24) is 0 Å². The normalized spacial score (nSPS) is 10.4. The summed E-state index contributed by atoms with van der Waals surface area (Å²) in [4.78, 5) is 0. The maximum atomic E-state index is 5.53. The Labute approximate surface area is 88.1 Å². The van der Waals surface area contributed by atoms with E-state index in [9.17, 15) is 0 Å². The van der Waals surface area contributed by atoms with Crippen molar-refractivity contribution >= 4 is 22.5 Å². The Morgan fingerprint density at radius 3 is 2.64 bits per heavy atom. The molecule has 0 spiro atoms. The van der Waals surface area contributed by atoms with Gasteiger partial charge in [0, 0.05) is 0 Å². The molecule has 2 aromatic rings. The number of ether oxygens (including phenoxy) is 1. The van der Waals surface area contributed by atoms with E-state index in [-0.39, 0.29) is 0 Å². The van der Waals surface area contributed by atoms with E-state index in [1.165, 1.54) is 10.8 Å². The smallest absolute Gasteiger partial charge is 0.133 e. The highest BCUT2D eigenvalue weighted by Crippen LogP contribution is 2.20. The maximum Gasteiger partial charge on any atom is 0.133 e. The minimum absolute atomic E-state index is 0.707. The molecule has 0 saturated carbocycles. The number of hydrogen-bond acceptors (Lipinski definition) is 2. The van der Waals surface area contributed by atoms with Crippen LogP contribution in [0.1, 0.15) is 0 Å². The van der Waals surface area contributed by atoms with Crippen molar-refractivity contribution in [2.24, 2.45) is 0 Å². The molecule has 0 aromatic heterocycles. The molecule has 0 amide bonds. The van der Waals surface area contributed by atoms with E-state index < -0.39 is 0 Å². The quantitative estimate of drug-likeness (QED) is 0.707. The van der Waals surface area contributed by atoms with E-state index in [4.69, 9.17) is 4.74 Å². The van der Waals surface area contributed by atoms with Crippen LogP contribution in [0.15, 0.2) is 42.5 Å². The van der Waals surface area contributed by atoms with Crippen LogP contribution in [0.3, 0.4) is 0 Å². The lowest BCUT2D eigenvalue weighted by atomic mass is 10.1. The van der Waals surface area contributed by atoms with Gasteiger partial charge in [-0.1, -0.05) is 30.3 Å². The van der Waals surface area contributed by atoms with Crippen molar-refractivity contribution in [3.63, 3.8) is 0 Å². The molecule has 0 aliphatic heterocycles. The average Bonchev–Trinajstić information content (AvgIpc) is 2.26. The SMILES string of the molecule is CSCOc1ccc2ccccc2c1. The zero-order valence-corrected chi connectivity index (χ0v) is 8.88. The minimum atomic E-state index is 0.707. The second-order valence-electron chi connectivity index (χ2n) is 3.06. The summed E-state index contributed by atoms with van der Waals surface area (Å²) < 4.78 is 5.53. The van der Waals surface area contributed by atoms with E-state index in [2.05, 4.69) is 24.3 Å². The van der Waals surface area contributed by atoms with Gasteiger partial charge in [-0.15, -0.1) is 11.8 Å². The van der Waals surface area contributed by atoms with Gasteiger partial charge < -0.3 is 4.74 Å². The van der Waals surface area contributed by atoms with E-state index >= 15 is 0 Å². The van der Waals surface area contributed by atoms with E-state index in [1.807, 2.05) is 24.5 Å². The van der Waals surface area contributed by atoms with Gasteiger partial charge in [0.05, 0.1) is 0 Å². The molecule has 0 radical (unpaired) electrons. The second kappa shape index (κ2) is 4.38. The van der Waals surface area contributed by atoms with Crippen molar-refractivity contribution < 1.29 is 4.74 Å². The summed E-state index contributed by atoms with van der Waals surface area (Å²) in [6.07, 6.45) is 2.03. The summed E-state index contributed by atoms with van der Waals surface area (Å²) in [5.41, 5.74) is 0. The predicted molar refractivity (Wildman–Crippen MR) is 63.0 cm³/mol. The van der Waals surface area contributed by atoms with E-state index in [0.717, 1.165) is 5.75 Å². The number of hydrogen-bond donors (Lipinski definition) is 0. The molecule has 14 heavy (non-hydrogen) atoms. The fraction of sp³-hybridized carbons (Fsp3) is 0.167. The van der Waals surface area contributed by atoms with Gasteiger partial charge in [-0.2, -0.15) is 0 Å². The topological polar surface area (TPSA) is 9.23 Å². The number of benzene rings is 2. The number of rotatable bonds is 3. The van der Waals surface area contributed by atoms with Crippen LogP contribution in [-0.2, 0) is 0 Å². The first kappa shape index (κ1) is 9.41. The second-order valence-corrected chi connectivity index (χ2v) is 3.87. The lowest BCUT2D eigenvalue weighted by molar-refractivity contribution is 0.394. The lowest BCUT2D eigenvalue weighted by Gasteiger charge is -2.04. The molecule has 0 unspecified atom stereocenters. The van der Waals surface area contributed by atoms with E-state index in [1.54, 1.807) is 11.8 Å². The molecular weight excluding hydrogens is 192 g/mol. The Morgan fingerprint density at radius 2 is 1.86 bits per heavy atom. The van der Waals surface area contributed by atoms with Crippen molar-refractivity contribution in [2.45, 2.75) is 0 Å². The van der Waals surface area contributed by atoms with Crippen molar-refractivity contribution in [3.05, 3.63) is 42.5 Å². The van der Waals surface area contributed by atoms with Crippen LogP contribution in [0.25, 0.3) is 10.8 Å². The van der Waals surface area contributed by atoms with Crippen LogP contribution in [0.4, 0.5) is 0 Å². The Kier molecular flexibility index (Phi) is 2.94. The summed E-state index contributed by atoms with van der Waals surface area (Å²) in [6.45, 7) is 0. The molecule has 0 heterocycles. The van der Waals surface area contributed by atoms with E-state index in [0.29, 0.717) is 5.94 Å². The molecule has 0 saturated heterocycles. The standard InChI is InChI=1S/C12H12OS/c1-14-9-13-12-7-6-10-4-2-3-5-11(10)8-12/h2-8H,9H2,1H3. The summed E-state index contributed by atoms with van der Waals surface area (Å²) in [5, 5.41) is 2.48. The van der Waals surface area contributed by atoms with Gasteiger partial charge in [-0.25, -0.2) is 0 Å². The van der Waals surface area contributed by atoms with Crippen LogP contribution in [0, 0.1) is 0 Å². The average molecular weight is 204 g/mol. The van der Waals surface area contributed by atoms with Crippen LogP contribution >= 0.6 is 11.8 Å². The maximum absolute atomic E-state index is 5.53. The zero-order valence-electron chi connectivity index (χ0n) is 8.07. The fourth-order valence-corrected chi connectivity index (χ4v) is 1.64. The first-order valence-corrected chi connectivity index (χ1v) is 5.90. The molecule has 0 fully saturated rings. The van der Waals surface area contributed by atoms with Crippen LogP contribution in [0.2, 0.25) is 0 Å². The van der Waals surface area contributed by atoms with Gasteiger partial charge in [0.15, 0.2) is 0 Å². The summed E-state index contributed by atoms with van der Waals surface area (Å²) in [6, 6.07) is 14.5. The third kappa shape index (κ3) is 2.02. The van der Waals surface area contributed by atoms with Gasteiger partial charge in [-0.3, -0.25) is 0 Å². The number of fused-ring (bicyclic) bond motifs is 1. The molecule has 2 heteroatoms. The minimum Gasteiger partial charge on any atom is -0.483 e. The Hall–Kier alpha value is -1.15. The van der Waals surface area contributed by atoms with Crippen LogP contribution in [0.5, 0.6) is 5.75 Å². The van der Waals surface area contributed by atoms with Gasteiger partial charge in [0.2, 0.25) is 0 Å². The van der Waals surface area contributed by atoms with Crippen molar-refractivity contribution in [1.29, 1.82) is 0 Å². The molecule has 0 N–H and O–H groups in total.